The maximum Gasteiger partial charge on any atom is 0.330 e. The standard InChI is InChI=1S/C20H22F2N4O2/c1-28-20(27)5-4-16-11-24-19(12-23-16)25-17-7-9-26(13-17)8-6-14-2-3-15(21)10-18(14)22/h2-5,10-12,17H,6-9,13H2,1H3,(H,24,25)/t17-/m1/s1. The number of nitrogens with one attached hydrogen (secondary N) is 1. The summed E-state index contributed by atoms with van der Waals surface area (Å²) in [4.78, 5) is 21.9. The molecule has 28 heavy (non-hydrogen) atoms. The minimum atomic E-state index is -0.556. The second kappa shape index (κ2) is 9.36. The normalized spacial score (nSPS) is 17.2. The Kier molecular flexibility index (Phi) is 6.65. The van der Waals surface area contributed by atoms with Crippen molar-refractivity contribution in [3.8, 4) is 0 Å². The van der Waals surface area contributed by atoms with Crippen molar-refractivity contribution in [3.05, 3.63) is 59.6 Å². The monoisotopic (exact) mass is 388 g/mol. The molecule has 0 spiro atoms. The molecule has 1 aliphatic rings. The SMILES string of the molecule is COC(=O)C=Cc1cnc(N[C@@H]2CCN(CCc3ccc(F)cc3F)C2)cn1. The van der Waals surface area contributed by atoms with Crippen molar-refractivity contribution in [2.75, 3.05) is 32.1 Å². The molecule has 1 aliphatic heterocycles. The summed E-state index contributed by atoms with van der Waals surface area (Å²) in [6.45, 7) is 2.42. The van der Waals surface area contributed by atoms with Crippen LogP contribution in [0.1, 0.15) is 17.7 Å². The molecule has 2 aromatic rings. The summed E-state index contributed by atoms with van der Waals surface area (Å²) in [7, 11) is 1.31. The van der Waals surface area contributed by atoms with Crippen LogP contribution in [0, 0.1) is 11.6 Å². The van der Waals surface area contributed by atoms with Crippen LogP contribution in [-0.4, -0.2) is 53.6 Å². The summed E-state index contributed by atoms with van der Waals surface area (Å²) in [5, 5.41) is 3.34. The van der Waals surface area contributed by atoms with Gasteiger partial charge in [0, 0.05) is 37.8 Å². The average Bonchev–Trinajstić information content (AvgIpc) is 3.14. The molecular weight excluding hydrogens is 366 g/mol. The molecule has 0 radical (unpaired) electrons. The maximum absolute atomic E-state index is 13.7. The first-order valence-corrected chi connectivity index (χ1v) is 9.04. The van der Waals surface area contributed by atoms with Crippen LogP contribution in [0.3, 0.4) is 0 Å². The van der Waals surface area contributed by atoms with Gasteiger partial charge in [-0.2, -0.15) is 0 Å². The van der Waals surface area contributed by atoms with Gasteiger partial charge in [-0.1, -0.05) is 6.07 Å². The van der Waals surface area contributed by atoms with Crippen molar-refractivity contribution in [1.82, 2.24) is 14.9 Å². The third kappa shape index (κ3) is 5.56. The lowest BCUT2D eigenvalue weighted by Gasteiger charge is -2.17. The van der Waals surface area contributed by atoms with E-state index in [0.29, 0.717) is 30.0 Å². The lowest BCUT2D eigenvalue weighted by molar-refractivity contribution is -0.134. The molecule has 8 heteroatoms. The number of nitrogens with zero attached hydrogens (tertiary/aromatic N) is 3. The zero-order chi connectivity index (χ0) is 19.9. The molecule has 1 aromatic carbocycles. The number of carbonyl (C=O) groups is 1. The van der Waals surface area contributed by atoms with Gasteiger partial charge in [0.1, 0.15) is 17.5 Å². The average molecular weight is 388 g/mol. The van der Waals surface area contributed by atoms with Crippen molar-refractivity contribution in [1.29, 1.82) is 0 Å². The Morgan fingerprint density at radius 2 is 2.21 bits per heavy atom. The zero-order valence-electron chi connectivity index (χ0n) is 15.6. The van der Waals surface area contributed by atoms with E-state index >= 15 is 0 Å². The highest BCUT2D eigenvalue weighted by atomic mass is 19.1. The van der Waals surface area contributed by atoms with E-state index in [1.165, 1.54) is 31.4 Å². The second-order valence-electron chi connectivity index (χ2n) is 6.60. The number of anilines is 1. The molecule has 0 amide bonds. The van der Waals surface area contributed by atoms with Crippen molar-refractivity contribution in [3.63, 3.8) is 0 Å². The van der Waals surface area contributed by atoms with E-state index in [0.717, 1.165) is 25.6 Å². The van der Waals surface area contributed by atoms with Crippen LogP contribution in [0.25, 0.3) is 6.08 Å². The van der Waals surface area contributed by atoms with Crippen LogP contribution in [0.15, 0.2) is 36.7 Å². The molecule has 1 fully saturated rings. The van der Waals surface area contributed by atoms with Crippen LogP contribution in [0.4, 0.5) is 14.6 Å². The van der Waals surface area contributed by atoms with Gasteiger partial charge in [-0.3, -0.25) is 4.98 Å². The van der Waals surface area contributed by atoms with Gasteiger partial charge in [0.05, 0.1) is 25.2 Å². The number of hydrogen-bond donors (Lipinski definition) is 1. The molecule has 3 rings (SSSR count). The molecule has 2 heterocycles. The molecular formula is C20H22F2N4O2. The number of ether oxygens (including phenoxy) is 1. The number of carbonyl (C=O) groups excluding carboxylic acids is 1. The fourth-order valence-corrected chi connectivity index (χ4v) is 3.09. The minimum Gasteiger partial charge on any atom is -0.466 e. The van der Waals surface area contributed by atoms with Crippen molar-refractivity contribution in [2.45, 2.75) is 18.9 Å². The second-order valence-corrected chi connectivity index (χ2v) is 6.60. The fraction of sp³-hybridized carbons (Fsp3) is 0.350. The van der Waals surface area contributed by atoms with Gasteiger partial charge < -0.3 is 15.0 Å². The van der Waals surface area contributed by atoms with Gasteiger partial charge in [-0.25, -0.2) is 18.6 Å². The van der Waals surface area contributed by atoms with Gasteiger partial charge in [0.25, 0.3) is 0 Å². The molecule has 0 saturated carbocycles. The number of halogens is 2. The quantitative estimate of drug-likeness (QED) is 0.581. The molecule has 6 nitrogen and oxygen atoms in total. The van der Waals surface area contributed by atoms with Crippen LogP contribution in [0.5, 0.6) is 0 Å². The summed E-state index contributed by atoms with van der Waals surface area (Å²) in [5.74, 6) is -0.840. The van der Waals surface area contributed by atoms with E-state index < -0.39 is 17.6 Å². The largest absolute Gasteiger partial charge is 0.466 e. The van der Waals surface area contributed by atoms with Gasteiger partial charge in [0.15, 0.2) is 0 Å². The van der Waals surface area contributed by atoms with E-state index in [2.05, 4.69) is 24.9 Å². The van der Waals surface area contributed by atoms with E-state index in [9.17, 15) is 13.6 Å². The molecule has 148 valence electrons. The minimum absolute atomic E-state index is 0.226. The van der Waals surface area contributed by atoms with Gasteiger partial charge in [-0.15, -0.1) is 0 Å². The van der Waals surface area contributed by atoms with E-state index in [1.807, 2.05) is 0 Å². The lowest BCUT2D eigenvalue weighted by atomic mass is 10.1. The van der Waals surface area contributed by atoms with Gasteiger partial charge in [-0.05, 0) is 30.5 Å². The Morgan fingerprint density at radius 1 is 1.36 bits per heavy atom. The summed E-state index contributed by atoms with van der Waals surface area (Å²) in [6.07, 6.45) is 7.50. The predicted molar refractivity (Wildman–Crippen MR) is 102 cm³/mol. The van der Waals surface area contributed by atoms with Crippen LogP contribution < -0.4 is 5.32 Å². The first-order chi connectivity index (χ1) is 13.5. The number of benzene rings is 1. The molecule has 1 aromatic heterocycles. The molecule has 0 aliphatic carbocycles. The topological polar surface area (TPSA) is 67.3 Å². The zero-order valence-corrected chi connectivity index (χ0v) is 15.6. The number of esters is 1. The third-order valence-corrected chi connectivity index (χ3v) is 4.60. The summed E-state index contributed by atoms with van der Waals surface area (Å²) < 4.78 is 31.2. The molecule has 1 N–H and O–H groups in total. The Bertz CT molecular complexity index is 843. The Morgan fingerprint density at radius 3 is 2.93 bits per heavy atom. The first-order valence-electron chi connectivity index (χ1n) is 9.04. The van der Waals surface area contributed by atoms with Crippen molar-refractivity contribution in [2.24, 2.45) is 0 Å². The number of rotatable bonds is 7. The highest BCUT2D eigenvalue weighted by molar-refractivity contribution is 5.86. The van der Waals surface area contributed by atoms with Crippen molar-refractivity contribution < 1.29 is 18.3 Å². The molecule has 0 unspecified atom stereocenters. The molecule has 0 bridgehead atoms. The smallest absolute Gasteiger partial charge is 0.330 e. The Labute approximate surface area is 162 Å². The first kappa shape index (κ1) is 19.9. The number of methoxy groups -OCH3 is 1. The maximum atomic E-state index is 13.7. The number of hydrogen-bond acceptors (Lipinski definition) is 6. The predicted octanol–water partition coefficient (Wildman–Crippen LogP) is 2.67. The summed E-state index contributed by atoms with van der Waals surface area (Å²) >= 11 is 0. The summed E-state index contributed by atoms with van der Waals surface area (Å²) in [5.41, 5.74) is 1.09. The summed E-state index contributed by atoms with van der Waals surface area (Å²) in [6, 6.07) is 3.94. The number of likely N-dealkylation sites (tertiary alicyclic amines) is 1. The molecule has 1 atom stereocenters. The van der Waals surface area contributed by atoms with Gasteiger partial charge >= 0.3 is 5.97 Å². The third-order valence-electron chi connectivity index (χ3n) is 4.60. The van der Waals surface area contributed by atoms with E-state index in [4.69, 9.17) is 0 Å². The van der Waals surface area contributed by atoms with E-state index in [1.54, 1.807) is 12.4 Å². The van der Waals surface area contributed by atoms with Crippen LogP contribution in [-0.2, 0) is 16.0 Å². The Hall–Kier alpha value is -2.87. The lowest BCUT2D eigenvalue weighted by Crippen LogP contribution is -2.28. The van der Waals surface area contributed by atoms with E-state index in [-0.39, 0.29) is 6.04 Å². The van der Waals surface area contributed by atoms with Crippen molar-refractivity contribution >= 4 is 17.9 Å². The fourth-order valence-electron chi connectivity index (χ4n) is 3.09. The van der Waals surface area contributed by atoms with Gasteiger partial charge in [0.2, 0.25) is 0 Å². The van der Waals surface area contributed by atoms with Crippen LogP contribution in [0.2, 0.25) is 0 Å². The number of aromatic nitrogens is 2. The highest BCUT2D eigenvalue weighted by Crippen LogP contribution is 2.16. The highest BCUT2D eigenvalue weighted by Gasteiger charge is 2.22. The molecule has 1 saturated heterocycles. The van der Waals surface area contributed by atoms with Crippen LogP contribution >= 0.6 is 0 Å². The Balaban J connectivity index is 1.46.